The summed E-state index contributed by atoms with van der Waals surface area (Å²) in [6.07, 6.45) is 5.89. The number of piperidine rings is 1. The van der Waals surface area contributed by atoms with E-state index in [1.807, 2.05) is 34.9 Å². The van der Waals surface area contributed by atoms with Crippen molar-refractivity contribution in [3.05, 3.63) is 35.9 Å². The Hall–Kier alpha value is -1.26. The molecule has 1 aromatic rings. The van der Waals surface area contributed by atoms with Crippen LogP contribution in [0.1, 0.15) is 38.7 Å². The molecule has 126 valence electrons. The lowest BCUT2D eigenvalue weighted by Crippen LogP contribution is -2.39. The van der Waals surface area contributed by atoms with E-state index in [1.165, 1.54) is 11.3 Å². The predicted molar refractivity (Wildman–Crippen MR) is 97.5 cm³/mol. The number of likely N-dealkylation sites (tertiary alicyclic amines) is 1. The van der Waals surface area contributed by atoms with E-state index in [1.54, 1.807) is 6.08 Å². The second-order valence-electron chi connectivity index (χ2n) is 6.46. The molecule has 1 aliphatic heterocycles. The third-order valence-electron chi connectivity index (χ3n) is 4.05. The Morgan fingerprint density at radius 3 is 2.74 bits per heavy atom. The van der Waals surface area contributed by atoms with Crippen molar-refractivity contribution < 1.29 is 9.90 Å². The summed E-state index contributed by atoms with van der Waals surface area (Å²) in [5.74, 6) is 1.85. The third-order valence-corrected chi connectivity index (χ3v) is 5.18. The highest BCUT2D eigenvalue weighted by Crippen LogP contribution is 2.25. The number of aliphatic hydroxyl groups excluding tert-OH is 1. The van der Waals surface area contributed by atoms with Crippen LogP contribution in [-0.2, 0) is 4.79 Å². The van der Waals surface area contributed by atoms with E-state index in [4.69, 9.17) is 0 Å². The molecule has 1 N–H and O–H groups in total. The minimum atomic E-state index is -0.249. The summed E-state index contributed by atoms with van der Waals surface area (Å²) in [5, 5.41) is 9.52. The molecule has 1 saturated heterocycles. The maximum absolute atomic E-state index is 12.2. The van der Waals surface area contributed by atoms with Gasteiger partial charge in [0.15, 0.2) is 0 Å². The van der Waals surface area contributed by atoms with E-state index in [9.17, 15) is 9.90 Å². The summed E-state index contributed by atoms with van der Waals surface area (Å²) in [6, 6.07) is 8.23. The standard InChI is InChI=1S/C19H27NO2S/c1-15(2)11-14-23-18-6-4-3-5-16(18)7-8-19(22)20-12-9-17(21)10-13-20/h3-8,15,17,21H,9-14H2,1-2H3. The van der Waals surface area contributed by atoms with Gasteiger partial charge in [0.1, 0.15) is 0 Å². The number of hydrogen-bond acceptors (Lipinski definition) is 3. The average molecular weight is 333 g/mol. The van der Waals surface area contributed by atoms with Gasteiger partial charge in [-0.3, -0.25) is 4.79 Å². The van der Waals surface area contributed by atoms with Gasteiger partial charge in [0.05, 0.1) is 6.10 Å². The molecule has 4 heteroatoms. The molecule has 0 saturated carbocycles. The Labute approximate surface area is 143 Å². The summed E-state index contributed by atoms with van der Waals surface area (Å²) in [5.41, 5.74) is 1.10. The first-order valence-corrected chi connectivity index (χ1v) is 9.41. The molecule has 0 bridgehead atoms. The number of aliphatic hydroxyl groups is 1. The highest BCUT2D eigenvalue weighted by Gasteiger charge is 2.19. The topological polar surface area (TPSA) is 40.5 Å². The fourth-order valence-electron chi connectivity index (χ4n) is 2.51. The molecule has 0 aliphatic carbocycles. The molecule has 0 atom stereocenters. The van der Waals surface area contributed by atoms with Crippen molar-refractivity contribution in [2.24, 2.45) is 5.92 Å². The van der Waals surface area contributed by atoms with E-state index in [2.05, 4.69) is 26.0 Å². The second kappa shape index (κ2) is 9.14. The Kier molecular flexibility index (Phi) is 7.18. The molecule has 3 nitrogen and oxygen atoms in total. The molecule has 23 heavy (non-hydrogen) atoms. The lowest BCUT2D eigenvalue weighted by molar-refractivity contribution is -0.127. The van der Waals surface area contributed by atoms with Crippen LogP contribution in [0.15, 0.2) is 35.2 Å². The van der Waals surface area contributed by atoms with Gasteiger partial charge in [0.25, 0.3) is 0 Å². The van der Waals surface area contributed by atoms with Crippen molar-refractivity contribution in [3.63, 3.8) is 0 Å². The van der Waals surface area contributed by atoms with Crippen LogP contribution in [0.5, 0.6) is 0 Å². The zero-order valence-corrected chi connectivity index (χ0v) is 14.9. The number of hydrogen-bond donors (Lipinski definition) is 1. The summed E-state index contributed by atoms with van der Waals surface area (Å²) in [6.45, 7) is 5.77. The maximum Gasteiger partial charge on any atom is 0.246 e. The largest absolute Gasteiger partial charge is 0.393 e. The van der Waals surface area contributed by atoms with Crippen molar-refractivity contribution in [1.82, 2.24) is 4.90 Å². The van der Waals surface area contributed by atoms with Gasteiger partial charge < -0.3 is 10.0 Å². The van der Waals surface area contributed by atoms with Crippen LogP contribution in [0.4, 0.5) is 0 Å². The van der Waals surface area contributed by atoms with E-state index >= 15 is 0 Å². The molecule has 1 aliphatic rings. The van der Waals surface area contributed by atoms with Crippen LogP contribution in [0.2, 0.25) is 0 Å². The van der Waals surface area contributed by atoms with Crippen LogP contribution >= 0.6 is 11.8 Å². The summed E-state index contributed by atoms with van der Waals surface area (Å²) < 4.78 is 0. The zero-order valence-electron chi connectivity index (χ0n) is 14.1. The van der Waals surface area contributed by atoms with Crippen molar-refractivity contribution in [2.75, 3.05) is 18.8 Å². The molecule has 2 rings (SSSR count). The Balaban J connectivity index is 1.94. The van der Waals surface area contributed by atoms with Crippen molar-refractivity contribution >= 4 is 23.7 Å². The van der Waals surface area contributed by atoms with Gasteiger partial charge in [0, 0.05) is 24.1 Å². The lowest BCUT2D eigenvalue weighted by atomic mass is 10.1. The molecule has 0 unspecified atom stereocenters. The first kappa shape index (κ1) is 18.1. The highest BCUT2D eigenvalue weighted by atomic mass is 32.2. The number of amides is 1. The summed E-state index contributed by atoms with van der Waals surface area (Å²) in [4.78, 5) is 15.3. The molecule has 1 aromatic carbocycles. The van der Waals surface area contributed by atoms with E-state index in [0.717, 1.165) is 11.3 Å². The van der Waals surface area contributed by atoms with Gasteiger partial charge in [-0.15, -0.1) is 11.8 Å². The minimum Gasteiger partial charge on any atom is -0.393 e. The Morgan fingerprint density at radius 2 is 2.04 bits per heavy atom. The van der Waals surface area contributed by atoms with Crippen LogP contribution in [0.3, 0.4) is 0 Å². The van der Waals surface area contributed by atoms with Crippen LogP contribution in [0.25, 0.3) is 6.08 Å². The van der Waals surface area contributed by atoms with Gasteiger partial charge in [-0.1, -0.05) is 32.0 Å². The van der Waals surface area contributed by atoms with Gasteiger partial charge in [0.2, 0.25) is 5.91 Å². The molecular formula is C19H27NO2S. The van der Waals surface area contributed by atoms with E-state index in [0.29, 0.717) is 31.8 Å². The summed E-state index contributed by atoms with van der Waals surface area (Å²) >= 11 is 1.85. The minimum absolute atomic E-state index is 0.0406. The van der Waals surface area contributed by atoms with Gasteiger partial charge in [-0.05, 0) is 48.6 Å². The first-order chi connectivity index (χ1) is 11.1. The second-order valence-corrected chi connectivity index (χ2v) is 7.60. The molecule has 1 amide bonds. The molecule has 1 fully saturated rings. The molecule has 0 spiro atoms. The lowest BCUT2D eigenvalue weighted by Gasteiger charge is -2.28. The normalized spacial score (nSPS) is 16.4. The van der Waals surface area contributed by atoms with E-state index < -0.39 is 0 Å². The number of rotatable bonds is 6. The van der Waals surface area contributed by atoms with Crippen LogP contribution in [-0.4, -0.2) is 40.9 Å². The number of thioether (sulfide) groups is 1. The Morgan fingerprint density at radius 1 is 1.35 bits per heavy atom. The molecular weight excluding hydrogens is 306 g/mol. The summed E-state index contributed by atoms with van der Waals surface area (Å²) in [7, 11) is 0. The predicted octanol–water partition coefficient (Wildman–Crippen LogP) is 3.82. The van der Waals surface area contributed by atoms with Gasteiger partial charge in [-0.25, -0.2) is 0 Å². The molecule has 0 aromatic heterocycles. The zero-order chi connectivity index (χ0) is 16.7. The van der Waals surface area contributed by atoms with Crippen molar-refractivity contribution in [3.8, 4) is 0 Å². The van der Waals surface area contributed by atoms with Gasteiger partial charge >= 0.3 is 0 Å². The Bertz CT molecular complexity index is 534. The number of benzene rings is 1. The van der Waals surface area contributed by atoms with E-state index in [-0.39, 0.29) is 12.0 Å². The quantitative estimate of drug-likeness (QED) is 0.635. The number of carbonyl (C=O) groups excluding carboxylic acids is 1. The number of nitrogens with zero attached hydrogens (tertiary/aromatic N) is 1. The SMILES string of the molecule is CC(C)CCSc1ccccc1C=CC(=O)N1CCC(O)CC1. The van der Waals surface area contributed by atoms with Crippen molar-refractivity contribution in [2.45, 2.75) is 44.1 Å². The first-order valence-electron chi connectivity index (χ1n) is 8.43. The number of carbonyl (C=O) groups is 1. The third kappa shape index (κ3) is 6.04. The smallest absolute Gasteiger partial charge is 0.246 e. The monoisotopic (exact) mass is 333 g/mol. The fourth-order valence-corrected chi connectivity index (χ4v) is 3.79. The fraction of sp³-hybridized carbons (Fsp3) is 0.526. The van der Waals surface area contributed by atoms with Crippen LogP contribution < -0.4 is 0 Å². The maximum atomic E-state index is 12.2. The molecule has 0 radical (unpaired) electrons. The average Bonchev–Trinajstić information content (AvgIpc) is 2.54. The highest BCUT2D eigenvalue weighted by molar-refractivity contribution is 7.99. The van der Waals surface area contributed by atoms with Crippen molar-refractivity contribution in [1.29, 1.82) is 0 Å². The molecule has 1 heterocycles. The van der Waals surface area contributed by atoms with Crippen LogP contribution in [0, 0.1) is 5.92 Å². The van der Waals surface area contributed by atoms with Gasteiger partial charge in [-0.2, -0.15) is 0 Å².